The summed E-state index contributed by atoms with van der Waals surface area (Å²) in [5.74, 6) is 1.88. The molecule has 0 bridgehead atoms. The monoisotopic (exact) mass is 384 g/mol. The predicted molar refractivity (Wildman–Crippen MR) is 114 cm³/mol. The molecule has 154 valence electrons. The van der Waals surface area contributed by atoms with Gasteiger partial charge in [0, 0.05) is 44.0 Å². The summed E-state index contributed by atoms with van der Waals surface area (Å²) in [5.41, 5.74) is 0.816. The number of hydrogen-bond donors (Lipinski definition) is 0. The van der Waals surface area contributed by atoms with Crippen molar-refractivity contribution in [2.75, 3.05) is 44.2 Å². The molecule has 0 aliphatic carbocycles. The molecule has 0 radical (unpaired) electrons. The van der Waals surface area contributed by atoms with E-state index in [-0.39, 0.29) is 5.91 Å². The maximum Gasteiger partial charge on any atom is 0.254 e. The second kappa shape index (κ2) is 9.25. The van der Waals surface area contributed by atoms with Crippen molar-refractivity contribution < 1.29 is 4.79 Å². The van der Waals surface area contributed by atoms with Crippen LogP contribution in [0.4, 0.5) is 5.82 Å². The summed E-state index contributed by atoms with van der Waals surface area (Å²) >= 11 is 0. The number of aromatic nitrogens is 1. The highest BCUT2D eigenvalue weighted by Gasteiger charge is 2.29. The van der Waals surface area contributed by atoms with Crippen LogP contribution in [-0.2, 0) is 0 Å². The van der Waals surface area contributed by atoms with Crippen molar-refractivity contribution in [1.29, 1.82) is 0 Å². The van der Waals surface area contributed by atoms with Crippen LogP contribution in [-0.4, -0.2) is 66.0 Å². The summed E-state index contributed by atoms with van der Waals surface area (Å²) in [6.45, 7) is 8.93. The minimum atomic E-state index is 0.208. The summed E-state index contributed by atoms with van der Waals surface area (Å²) < 4.78 is 0. The Kier molecular flexibility index (Phi) is 6.50. The van der Waals surface area contributed by atoms with Gasteiger partial charge >= 0.3 is 0 Å². The molecule has 0 aromatic carbocycles. The first kappa shape index (κ1) is 19.7. The molecule has 3 saturated heterocycles. The third-order valence-corrected chi connectivity index (χ3v) is 6.84. The van der Waals surface area contributed by atoms with Crippen LogP contribution in [0.25, 0.3) is 0 Å². The van der Waals surface area contributed by atoms with Crippen molar-refractivity contribution in [1.82, 2.24) is 14.8 Å². The van der Waals surface area contributed by atoms with Crippen LogP contribution < -0.4 is 4.90 Å². The Labute approximate surface area is 170 Å². The van der Waals surface area contributed by atoms with Gasteiger partial charge in [0.2, 0.25) is 0 Å². The van der Waals surface area contributed by atoms with Crippen LogP contribution in [0.15, 0.2) is 18.3 Å². The summed E-state index contributed by atoms with van der Waals surface area (Å²) in [4.78, 5) is 25.0. The normalized spacial score (nSPS) is 26.6. The lowest BCUT2D eigenvalue weighted by atomic mass is 9.97. The molecule has 0 saturated carbocycles. The van der Waals surface area contributed by atoms with Crippen molar-refractivity contribution in [3.63, 3.8) is 0 Å². The lowest BCUT2D eigenvalue weighted by molar-refractivity contribution is 0.0588. The van der Waals surface area contributed by atoms with Crippen molar-refractivity contribution in [2.45, 2.75) is 64.3 Å². The molecule has 0 spiro atoms. The van der Waals surface area contributed by atoms with Gasteiger partial charge in [0.1, 0.15) is 5.82 Å². The quantitative estimate of drug-likeness (QED) is 0.774. The highest BCUT2D eigenvalue weighted by atomic mass is 16.2. The van der Waals surface area contributed by atoms with Crippen LogP contribution >= 0.6 is 0 Å². The van der Waals surface area contributed by atoms with Gasteiger partial charge in [-0.3, -0.25) is 4.79 Å². The predicted octanol–water partition coefficient (Wildman–Crippen LogP) is 3.80. The molecule has 0 N–H and O–H groups in total. The number of piperidine rings is 2. The van der Waals surface area contributed by atoms with Crippen molar-refractivity contribution >= 4 is 11.7 Å². The minimum absolute atomic E-state index is 0.208. The average Bonchev–Trinajstić information content (AvgIpc) is 3.26. The fourth-order valence-electron chi connectivity index (χ4n) is 5.19. The lowest BCUT2D eigenvalue weighted by Gasteiger charge is -2.37. The number of pyridine rings is 1. The number of carbonyl (C=O) groups is 1. The van der Waals surface area contributed by atoms with Crippen LogP contribution in [0, 0.1) is 5.92 Å². The van der Waals surface area contributed by atoms with E-state index in [9.17, 15) is 4.79 Å². The van der Waals surface area contributed by atoms with E-state index in [2.05, 4.69) is 26.6 Å². The molecule has 28 heavy (non-hydrogen) atoms. The van der Waals surface area contributed by atoms with Crippen LogP contribution in [0.1, 0.15) is 68.6 Å². The topological polar surface area (TPSA) is 39.7 Å². The van der Waals surface area contributed by atoms with E-state index in [0.717, 1.165) is 56.8 Å². The van der Waals surface area contributed by atoms with E-state index in [1.165, 1.54) is 45.2 Å². The van der Waals surface area contributed by atoms with Gasteiger partial charge in [-0.25, -0.2) is 4.98 Å². The zero-order valence-electron chi connectivity index (χ0n) is 17.5. The van der Waals surface area contributed by atoms with Crippen LogP contribution in [0.5, 0.6) is 0 Å². The molecular formula is C23H36N4O. The van der Waals surface area contributed by atoms with E-state index < -0.39 is 0 Å². The van der Waals surface area contributed by atoms with Crippen molar-refractivity contribution in [2.24, 2.45) is 5.92 Å². The molecule has 2 atom stereocenters. The summed E-state index contributed by atoms with van der Waals surface area (Å²) in [6.07, 6.45) is 11.7. The Bertz CT molecular complexity index is 658. The fourth-order valence-corrected chi connectivity index (χ4v) is 5.19. The maximum atomic E-state index is 13.4. The molecule has 4 heterocycles. The number of anilines is 1. The molecule has 1 aromatic heterocycles. The molecule has 3 aliphatic rings. The zero-order valence-corrected chi connectivity index (χ0v) is 17.5. The fraction of sp³-hybridized carbons (Fsp3) is 0.739. The van der Waals surface area contributed by atoms with E-state index in [1.807, 2.05) is 18.3 Å². The summed E-state index contributed by atoms with van der Waals surface area (Å²) in [6, 6.07) is 4.34. The second-order valence-electron chi connectivity index (χ2n) is 9.08. The van der Waals surface area contributed by atoms with Crippen molar-refractivity contribution in [3.8, 4) is 0 Å². The largest absolute Gasteiger partial charge is 0.356 e. The first-order chi connectivity index (χ1) is 13.7. The number of rotatable bonds is 5. The molecule has 1 aromatic rings. The van der Waals surface area contributed by atoms with Gasteiger partial charge in [0.15, 0.2) is 0 Å². The third kappa shape index (κ3) is 4.68. The molecule has 3 fully saturated rings. The molecule has 3 aliphatic heterocycles. The Morgan fingerprint density at radius 3 is 2.71 bits per heavy atom. The van der Waals surface area contributed by atoms with Gasteiger partial charge in [0.25, 0.3) is 5.91 Å². The van der Waals surface area contributed by atoms with E-state index >= 15 is 0 Å². The van der Waals surface area contributed by atoms with E-state index in [4.69, 9.17) is 0 Å². The van der Waals surface area contributed by atoms with Gasteiger partial charge < -0.3 is 14.7 Å². The maximum absolute atomic E-state index is 13.4. The number of nitrogens with zero attached hydrogens (tertiary/aromatic N) is 4. The lowest BCUT2D eigenvalue weighted by Crippen LogP contribution is -2.45. The van der Waals surface area contributed by atoms with Gasteiger partial charge in [-0.05, 0) is 82.5 Å². The number of amides is 1. The highest BCUT2D eigenvalue weighted by Crippen LogP contribution is 2.25. The average molecular weight is 385 g/mol. The molecule has 4 rings (SSSR count). The van der Waals surface area contributed by atoms with Crippen LogP contribution in [0.2, 0.25) is 0 Å². The first-order valence-electron chi connectivity index (χ1n) is 11.4. The number of likely N-dealkylation sites (tertiary alicyclic amines) is 2. The van der Waals surface area contributed by atoms with Gasteiger partial charge in [-0.15, -0.1) is 0 Å². The molecular weight excluding hydrogens is 348 g/mol. The minimum Gasteiger partial charge on any atom is -0.356 e. The highest BCUT2D eigenvalue weighted by molar-refractivity contribution is 5.95. The van der Waals surface area contributed by atoms with Gasteiger partial charge in [-0.1, -0.05) is 6.92 Å². The van der Waals surface area contributed by atoms with Gasteiger partial charge in [0.05, 0.1) is 0 Å². The van der Waals surface area contributed by atoms with Gasteiger partial charge in [-0.2, -0.15) is 0 Å². The standard InChI is InChI=1S/C23H36N4O/c1-19-7-6-14-26(18-19)22-17-20(9-11-24-22)23(28)27-15-3-2-8-21(27)10-16-25-12-4-5-13-25/h9,11,17,19,21H,2-8,10,12-16,18H2,1H3. The summed E-state index contributed by atoms with van der Waals surface area (Å²) in [5, 5.41) is 0. The zero-order chi connectivity index (χ0) is 19.3. The molecule has 2 unspecified atom stereocenters. The molecule has 1 amide bonds. The smallest absolute Gasteiger partial charge is 0.254 e. The summed E-state index contributed by atoms with van der Waals surface area (Å²) in [7, 11) is 0. The Morgan fingerprint density at radius 2 is 1.89 bits per heavy atom. The number of hydrogen-bond acceptors (Lipinski definition) is 4. The van der Waals surface area contributed by atoms with E-state index in [0.29, 0.717) is 12.0 Å². The molecule has 5 nitrogen and oxygen atoms in total. The Morgan fingerprint density at radius 1 is 1.07 bits per heavy atom. The first-order valence-corrected chi connectivity index (χ1v) is 11.4. The van der Waals surface area contributed by atoms with E-state index in [1.54, 1.807) is 0 Å². The second-order valence-corrected chi connectivity index (χ2v) is 9.08. The third-order valence-electron chi connectivity index (χ3n) is 6.84. The van der Waals surface area contributed by atoms with Crippen LogP contribution in [0.3, 0.4) is 0 Å². The number of carbonyl (C=O) groups excluding carboxylic acids is 1. The Balaban J connectivity index is 1.43. The Hall–Kier alpha value is -1.62. The SMILES string of the molecule is CC1CCCN(c2cc(C(=O)N3CCCCC3CCN3CCCC3)ccn2)C1. The molecule has 5 heteroatoms. The van der Waals surface area contributed by atoms with Crippen molar-refractivity contribution in [3.05, 3.63) is 23.9 Å².